The second kappa shape index (κ2) is 5.64. The van der Waals surface area contributed by atoms with E-state index in [1.54, 1.807) is 14.0 Å². The van der Waals surface area contributed by atoms with E-state index in [1.807, 2.05) is 27.7 Å². The van der Waals surface area contributed by atoms with Crippen LogP contribution in [0.15, 0.2) is 0 Å². The Morgan fingerprint density at radius 1 is 1.15 bits per heavy atom. The standard InChI is InChI=1S/C19H30O8/c1-16(2)24-8-19(27-16)11-9(7-23-6)18(5,12(20)15(21)22)13-10(11)14(19)26-17(3,4)25-13/h9-14,20H,7-8H2,1-6H3,(H,21,22)/t9?,10?,11?,12-,13?,14?,18?,19?/m1/s1. The quantitative estimate of drug-likeness (QED) is 0.738. The first-order chi connectivity index (χ1) is 12.4. The topological polar surface area (TPSA) is 104 Å². The molecule has 8 atom stereocenters. The smallest absolute Gasteiger partial charge is 0.333 e. The fraction of sp³-hybridized carbons (Fsp3) is 0.947. The molecule has 4 fully saturated rings. The summed E-state index contributed by atoms with van der Waals surface area (Å²) in [6.07, 6.45) is -2.36. The fourth-order valence-electron chi connectivity index (χ4n) is 6.10. The summed E-state index contributed by atoms with van der Waals surface area (Å²) >= 11 is 0. The number of hydrogen-bond acceptors (Lipinski definition) is 7. The molecular weight excluding hydrogens is 356 g/mol. The van der Waals surface area contributed by atoms with Crippen LogP contribution in [0.3, 0.4) is 0 Å². The highest BCUT2D eigenvalue weighted by Crippen LogP contribution is 2.71. The van der Waals surface area contributed by atoms with E-state index in [0.29, 0.717) is 13.2 Å². The Labute approximate surface area is 159 Å². The van der Waals surface area contributed by atoms with E-state index < -0.39 is 40.8 Å². The van der Waals surface area contributed by atoms with E-state index in [4.69, 9.17) is 23.7 Å². The lowest BCUT2D eigenvalue weighted by Gasteiger charge is -2.62. The SMILES string of the molecule is COCC1C2C3C(OC(C)(C)OC3C1(C)[C@H](O)C(=O)O)C21COC(C)(C)O1. The molecule has 27 heavy (non-hydrogen) atoms. The highest BCUT2D eigenvalue weighted by molar-refractivity contribution is 5.73. The average Bonchev–Trinajstić information content (AvgIpc) is 3.01. The van der Waals surface area contributed by atoms with Crippen molar-refractivity contribution in [2.24, 2.45) is 23.2 Å². The molecule has 2 saturated heterocycles. The molecule has 2 saturated carbocycles. The molecule has 2 N–H and O–H groups in total. The molecule has 2 aliphatic heterocycles. The monoisotopic (exact) mass is 386 g/mol. The van der Waals surface area contributed by atoms with Crippen molar-refractivity contribution in [3.8, 4) is 0 Å². The lowest BCUT2D eigenvalue weighted by atomic mass is 9.57. The van der Waals surface area contributed by atoms with Crippen molar-refractivity contribution in [3.63, 3.8) is 0 Å². The Morgan fingerprint density at radius 3 is 2.30 bits per heavy atom. The van der Waals surface area contributed by atoms with Crippen LogP contribution in [-0.2, 0) is 28.5 Å². The van der Waals surface area contributed by atoms with Crippen molar-refractivity contribution >= 4 is 5.97 Å². The number of carboxylic acids is 1. The van der Waals surface area contributed by atoms with Gasteiger partial charge in [-0.25, -0.2) is 4.79 Å². The zero-order valence-electron chi connectivity index (χ0n) is 16.7. The van der Waals surface area contributed by atoms with Crippen LogP contribution in [0.4, 0.5) is 0 Å². The predicted molar refractivity (Wildman–Crippen MR) is 91.8 cm³/mol. The molecule has 8 heteroatoms. The molecule has 4 rings (SSSR count). The minimum Gasteiger partial charge on any atom is -0.479 e. The van der Waals surface area contributed by atoms with Crippen LogP contribution in [0.25, 0.3) is 0 Å². The van der Waals surface area contributed by atoms with E-state index in [9.17, 15) is 15.0 Å². The molecule has 0 amide bonds. The van der Waals surface area contributed by atoms with Crippen LogP contribution >= 0.6 is 0 Å². The number of aliphatic hydroxyl groups is 1. The molecular formula is C19H30O8. The lowest BCUT2D eigenvalue weighted by Crippen LogP contribution is -2.74. The molecule has 0 aromatic heterocycles. The van der Waals surface area contributed by atoms with Gasteiger partial charge >= 0.3 is 5.97 Å². The van der Waals surface area contributed by atoms with Gasteiger partial charge in [-0.1, -0.05) is 6.92 Å². The third kappa shape index (κ3) is 2.41. The summed E-state index contributed by atoms with van der Waals surface area (Å²) in [7, 11) is 1.58. The van der Waals surface area contributed by atoms with E-state index in [0.717, 1.165) is 0 Å². The molecule has 154 valence electrons. The highest BCUT2D eigenvalue weighted by atomic mass is 16.8. The van der Waals surface area contributed by atoms with E-state index in [2.05, 4.69) is 0 Å². The number of carboxylic acid groups (broad SMARTS) is 1. The van der Waals surface area contributed by atoms with E-state index in [-0.39, 0.29) is 23.9 Å². The summed E-state index contributed by atoms with van der Waals surface area (Å²) < 4.78 is 30.2. The third-order valence-electron chi connectivity index (χ3n) is 7.08. The van der Waals surface area contributed by atoms with Crippen molar-refractivity contribution in [3.05, 3.63) is 0 Å². The summed E-state index contributed by atoms with van der Waals surface area (Å²) in [5, 5.41) is 20.3. The summed E-state index contributed by atoms with van der Waals surface area (Å²) in [5.74, 6) is -3.41. The van der Waals surface area contributed by atoms with Gasteiger partial charge in [0.25, 0.3) is 0 Å². The van der Waals surface area contributed by atoms with Gasteiger partial charge in [0.1, 0.15) is 5.60 Å². The van der Waals surface area contributed by atoms with Gasteiger partial charge in [0.2, 0.25) is 0 Å². The number of aliphatic carboxylic acids is 1. The van der Waals surface area contributed by atoms with E-state index >= 15 is 0 Å². The summed E-state index contributed by atoms with van der Waals surface area (Å²) in [4.78, 5) is 11.8. The molecule has 0 aromatic rings. The van der Waals surface area contributed by atoms with Gasteiger partial charge in [-0.2, -0.15) is 0 Å². The summed E-state index contributed by atoms with van der Waals surface area (Å²) in [6, 6.07) is 0. The zero-order valence-corrected chi connectivity index (χ0v) is 16.7. The zero-order chi connectivity index (χ0) is 20.0. The van der Waals surface area contributed by atoms with Gasteiger partial charge in [0.05, 0.1) is 25.4 Å². The molecule has 8 nitrogen and oxygen atoms in total. The second-order valence-corrected chi connectivity index (χ2v) is 9.49. The number of hydrogen-bond donors (Lipinski definition) is 2. The maximum absolute atomic E-state index is 11.8. The van der Waals surface area contributed by atoms with Crippen LogP contribution in [0.1, 0.15) is 34.6 Å². The molecule has 2 heterocycles. The largest absolute Gasteiger partial charge is 0.479 e. The van der Waals surface area contributed by atoms with Gasteiger partial charge in [-0.3, -0.25) is 0 Å². The van der Waals surface area contributed by atoms with Crippen molar-refractivity contribution in [1.29, 1.82) is 0 Å². The number of aliphatic hydroxyl groups excluding tert-OH is 1. The third-order valence-corrected chi connectivity index (χ3v) is 7.08. The molecule has 4 aliphatic rings. The molecule has 0 radical (unpaired) electrons. The number of fused-ring (bicyclic) bond motifs is 2. The highest BCUT2D eigenvalue weighted by Gasteiger charge is 2.82. The Balaban J connectivity index is 1.83. The first kappa shape index (κ1) is 19.5. The van der Waals surface area contributed by atoms with Crippen molar-refractivity contribution < 1.29 is 38.7 Å². The molecule has 0 aromatic carbocycles. The van der Waals surface area contributed by atoms with E-state index in [1.165, 1.54) is 0 Å². The normalized spacial score (nSPS) is 50.3. The fourth-order valence-corrected chi connectivity index (χ4v) is 6.10. The lowest BCUT2D eigenvalue weighted by molar-refractivity contribution is -0.402. The molecule has 1 spiro atoms. The van der Waals surface area contributed by atoms with Gasteiger partial charge in [0, 0.05) is 24.4 Å². The second-order valence-electron chi connectivity index (χ2n) is 9.49. The minimum absolute atomic E-state index is 0.0883. The summed E-state index contributed by atoms with van der Waals surface area (Å²) in [6.45, 7) is 9.77. The van der Waals surface area contributed by atoms with Crippen LogP contribution in [-0.4, -0.2) is 72.0 Å². The predicted octanol–water partition coefficient (Wildman–Crippen LogP) is 1.00. The first-order valence-corrected chi connectivity index (χ1v) is 9.49. The maximum atomic E-state index is 11.8. The van der Waals surface area contributed by atoms with Gasteiger partial charge in [-0.15, -0.1) is 0 Å². The molecule has 0 bridgehead atoms. The van der Waals surface area contributed by atoms with Crippen LogP contribution in [0.5, 0.6) is 0 Å². The maximum Gasteiger partial charge on any atom is 0.333 e. The van der Waals surface area contributed by atoms with Crippen LogP contribution in [0.2, 0.25) is 0 Å². The minimum atomic E-state index is -1.59. The van der Waals surface area contributed by atoms with Crippen LogP contribution < -0.4 is 0 Å². The van der Waals surface area contributed by atoms with Crippen LogP contribution in [0, 0.1) is 23.2 Å². The van der Waals surface area contributed by atoms with Crippen molar-refractivity contribution in [2.45, 2.75) is 70.1 Å². The molecule has 2 aliphatic carbocycles. The van der Waals surface area contributed by atoms with Gasteiger partial charge in [0.15, 0.2) is 17.7 Å². The Bertz CT molecular complexity index is 648. The number of carbonyl (C=O) groups is 1. The Kier molecular flexibility index (Phi) is 4.08. The van der Waals surface area contributed by atoms with Crippen molar-refractivity contribution in [2.75, 3.05) is 20.3 Å². The average molecular weight is 386 g/mol. The Morgan fingerprint density at radius 2 is 1.78 bits per heavy atom. The molecule has 7 unspecified atom stereocenters. The first-order valence-electron chi connectivity index (χ1n) is 9.49. The van der Waals surface area contributed by atoms with Crippen molar-refractivity contribution in [1.82, 2.24) is 0 Å². The number of rotatable bonds is 4. The number of ether oxygens (including phenoxy) is 5. The summed E-state index contributed by atoms with van der Waals surface area (Å²) in [5.41, 5.74) is -1.75. The van der Waals surface area contributed by atoms with Gasteiger partial charge < -0.3 is 33.9 Å². The Hall–Kier alpha value is -0.770. The van der Waals surface area contributed by atoms with Gasteiger partial charge in [-0.05, 0) is 33.6 Å². The number of methoxy groups -OCH3 is 1.